The van der Waals surface area contributed by atoms with E-state index in [0.29, 0.717) is 6.10 Å². The minimum absolute atomic E-state index is 0.583. The molecule has 0 amide bonds. The molecule has 1 aliphatic carbocycles. The van der Waals surface area contributed by atoms with Gasteiger partial charge in [0, 0.05) is 17.6 Å². The molecule has 1 unspecified atom stereocenters. The van der Waals surface area contributed by atoms with E-state index in [1.165, 1.54) is 50.7 Å². The van der Waals surface area contributed by atoms with E-state index < -0.39 is 0 Å². The van der Waals surface area contributed by atoms with Crippen LogP contribution in [0.4, 0.5) is 0 Å². The molecule has 1 saturated carbocycles. The Kier molecular flexibility index (Phi) is 3.98. The molecule has 0 N–H and O–H groups in total. The van der Waals surface area contributed by atoms with E-state index in [-0.39, 0.29) is 0 Å². The maximum Gasteiger partial charge on any atom is 0.0665 e. The second-order valence-electron chi connectivity index (χ2n) is 4.23. The van der Waals surface area contributed by atoms with Crippen molar-refractivity contribution in [2.75, 3.05) is 12.4 Å². The Labute approximate surface area is 85.6 Å². The second-order valence-corrected chi connectivity index (χ2v) is 5.56. The highest BCUT2D eigenvalue weighted by Gasteiger charge is 2.19. The fraction of sp³-hybridized carbons (Fsp3) is 1.00. The van der Waals surface area contributed by atoms with Crippen molar-refractivity contribution in [2.24, 2.45) is 0 Å². The molecule has 2 rings (SSSR count). The zero-order chi connectivity index (χ0) is 8.93. The summed E-state index contributed by atoms with van der Waals surface area (Å²) < 4.78 is 5.72. The summed E-state index contributed by atoms with van der Waals surface area (Å²) in [5, 5.41) is 0.963. The maximum absolute atomic E-state index is 5.72. The predicted molar refractivity (Wildman–Crippen MR) is 58.3 cm³/mol. The van der Waals surface area contributed by atoms with Gasteiger partial charge in [-0.25, -0.2) is 0 Å². The van der Waals surface area contributed by atoms with Gasteiger partial charge >= 0.3 is 0 Å². The lowest BCUT2D eigenvalue weighted by atomic mass is 10.1. The Morgan fingerprint density at radius 1 is 1.00 bits per heavy atom. The molecule has 1 heterocycles. The Morgan fingerprint density at radius 2 is 1.77 bits per heavy atom. The Balaban J connectivity index is 1.60. The van der Waals surface area contributed by atoms with E-state index in [9.17, 15) is 0 Å². The van der Waals surface area contributed by atoms with Gasteiger partial charge in [0.25, 0.3) is 0 Å². The maximum atomic E-state index is 5.72. The summed E-state index contributed by atoms with van der Waals surface area (Å²) in [6.45, 7) is 1.01. The first-order chi connectivity index (χ1) is 6.45. The van der Waals surface area contributed by atoms with Crippen LogP contribution in [0.15, 0.2) is 0 Å². The summed E-state index contributed by atoms with van der Waals surface area (Å²) >= 11 is 2.17. The summed E-state index contributed by atoms with van der Waals surface area (Å²) in [7, 11) is 0. The first-order valence-electron chi connectivity index (χ1n) is 5.68. The molecule has 0 bridgehead atoms. The highest BCUT2D eigenvalue weighted by Crippen LogP contribution is 2.31. The van der Waals surface area contributed by atoms with Gasteiger partial charge < -0.3 is 4.74 Å². The Morgan fingerprint density at radius 3 is 2.46 bits per heavy atom. The highest BCUT2D eigenvalue weighted by molar-refractivity contribution is 7.99. The van der Waals surface area contributed by atoms with Crippen LogP contribution < -0.4 is 0 Å². The van der Waals surface area contributed by atoms with E-state index in [1.807, 2.05) is 0 Å². The van der Waals surface area contributed by atoms with Crippen molar-refractivity contribution in [1.29, 1.82) is 0 Å². The van der Waals surface area contributed by atoms with E-state index >= 15 is 0 Å². The average molecular weight is 200 g/mol. The summed E-state index contributed by atoms with van der Waals surface area (Å²) in [5.74, 6) is 1.25. The molecule has 2 heteroatoms. The summed E-state index contributed by atoms with van der Waals surface area (Å²) in [5.41, 5.74) is 0. The van der Waals surface area contributed by atoms with Crippen LogP contribution in [0.5, 0.6) is 0 Å². The van der Waals surface area contributed by atoms with Crippen molar-refractivity contribution in [3.8, 4) is 0 Å². The van der Waals surface area contributed by atoms with Crippen LogP contribution in [0.3, 0.4) is 0 Å². The lowest BCUT2D eigenvalue weighted by Crippen LogP contribution is -2.22. The first kappa shape index (κ1) is 9.85. The quantitative estimate of drug-likeness (QED) is 0.691. The molecule has 13 heavy (non-hydrogen) atoms. The largest absolute Gasteiger partial charge is 0.377 e. The van der Waals surface area contributed by atoms with Crippen molar-refractivity contribution >= 4 is 11.8 Å². The molecule has 0 spiro atoms. The van der Waals surface area contributed by atoms with E-state index in [0.717, 1.165) is 11.9 Å². The average Bonchev–Trinajstić information content (AvgIpc) is 2.69. The number of rotatable bonds is 3. The first-order valence-corrected chi connectivity index (χ1v) is 6.73. The van der Waals surface area contributed by atoms with Crippen LogP contribution in [-0.2, 0) is 4.74 Å². The second kappa shape index (κ2) is 5.26. The SMILES string of the molecule is C1CCC(CSC2CCCC2)OC1. The van der Waals surface area contributed by atoms with Gasteiger partial charge in [0.2, 0.25) is 0 Å². The molecule has 2 fully saturated rings. The van der Waals surface area contributed by atoms with Gasteiger partial charge in [-0.15, -0.1) is 0 Å². The van der Waals surface area contributed by atoms with Gasteiger partial charge in [0.15, 0.2) is 0 Å². The van der Waals surface area contributed by atoms with Crippen LogP contribution in [0.25, 0.3) is 0 Å². The normalized spacial score (nSPS) is 30.9. The molecule has 0 radical (unpaired) electrons. The van der Waals surface area contributed by atoms with Gasteiger partial charge in [-0.05, 0) is 32.1 Å². The highest BCUT2D eigenvalue weighted by atomic mass is 32.2. The van der Waals surface area contributed by atoms with Crippen LogP contribution in [0.1, 0.15) is 44.9 Å². The Bertz CT molecular complexity index is 137. The topological polar surface area (TPSA) is 9.23 Å². The molecule has 1 atom stereocenters. The van der Waals surface area contributed by atoms with Gasteiger partial charge in [-0.2, -0.15) is 11.8 Å². The van der Waals surface area contributed by atoms with Crippen LogP contribution in [0.2, 0.25) is 0 Å². The van der Waals surface area contributed by atoms with Crippen LogP contribution >= 0.6 is 11.8 Å². The van der Waals surface area contributed by atoms with E-state index in [2.05, 4.69) is 11.8 Å². The number of ether oxygens (including phenoxy) is 1. The fourth-order valence-corrected chi connectivity index (χ4v) is 3.65. The van der Waals surface area contributed by atoms with Crippen molar-refractivity contribution in [2.45, 2.75) is 56.3 Å². The van der Waals surface area contributed by atoms with Crippen LogP contribution in [-0.4, -0.2) is 23.7 Å². The third-order valence-corrected chi connectivity index (χ3v) is 4.60. The molecule has 1 aliphatic heterocycles. The summed E-state index contributed by atoms with van der Waals surface area (Å²) in [6.07, 6.45) is 10.4. The van der Waals surface area contributed by atoms with Crippen molar-refractivity contribution in [3.05, 3.63) is 0 Å². The van der Waals surface area contributed by atoms with Gasteiger partial charge in [-0.3, -0.25) is 0 Å². The molecule has 0 aromatic heterocycles. The smallest absolute Gasteiger partial charge is 0.0665 e. The Hall–Kier alpha value is 0.310. The molecule has 0 aromatic rings. The molecular weight excluding hydrogens is 180 g/mol. The zero-order valence-corrected chi connectivity index (χ0v) is 9.15. The van der Waals surface area contributed by atoms with Crippen molar-refractivity contribution in [3.63, 3.8) is 0 Å². The van der Waals surface area contributed by atoms with Gasteiger partial charge in [0.05, 0.1) is 6.10 Å². The molecule has 1 saturated heterocycles. The molecule has 76 valence electrons. The van der Waals surface area contributed by atoms with E-state index in [4.69, 9.17) is 4.74 Å². The fourth-order valence-electron chi connectivity index (χ4n) is 2.24. The van der Waals surface area contributed by atoms with Crippen LogP contribution in [0, 0.1) is 0 Å². The third-order valence-electron chi connectivity index (χ3n) is 3.09. The van der Waals surface area contributed by atoms with Gasteiger partial charge in [-0.1, -0.05) is 12.8 Å². The predicted octanol–water partition coefficient (Wildman–Crippen LogP) is 3.23. The number of hydrogen-bond acceptors (Lipinski definition) is 2. The molecule has 2 aliphatic rings. The summed E-state index contributed by atoms with van der Waals surface area (Å²) in [4.78, 5) is 0. The minimum Gasteiger partial charge on any atom is -0.377 e. The molecule has 1 nitrogen and oxygen atoms in total. The van der Waals surface area contributed by atoms with Crippen molar-refractivity contribution < 1.29 is 4.74 Å². The van der Waals surface area contributed by atoms with Crippen molar-refractivity contribution in [1.82, 2.24) is 0 Å². The standard InChI is InChI=1S/C11H20OS/c1-2-7-11(6-1)13-9-10-5-3-4-8-12-10/h10-11H,1-9H2. The zero-order valence-electron chi connectivity index (χ0n) is 8.34. The minimum atomic E-state index is 0.583. The number of hydrogen-bond donors (Lipinski definition) is 0. The molecular formula is C11H20OS. The van der Waals surface area contributed by atoms with E-state index in [1.54, 1.807) is 0 Å². The lowest BCUT2D eigenvalue weighted by molar-refractivity contribution is 0.0315. The summed E-state index contributed by atoms with van der Waals surface area (Å²) in [6, 6.07) is 0. The monoisotopic (exact) mass is 200 g/mol. The lowest BCUT2D eigenvalue weighted by Gasteiger charge is -2.23. The van der Waals surface area contributed by atoms with Gasteiger partial charge in [0.1, 0.15) is 0 Å². The molecule has 0 aromatic carbocycles. The third kappa shape index (κ3) is 3.17. The number of thioether (sulfide) groups is 1.